The van der Waals surface area contributed by atoms with Crippen LogP contribution in [0.25, 0.3) is 0 Å². The SMILES string of the molecule is CC12CCNCC1C2(Cl)Cl. The third kappa shape index (κ3) is 0.640. The Morgan fingerprint density at radius 2 is 2.20 bits per heavy atom. The van der Waals surface area contributed by atoms with E-state index in [1.54, 1.807) is 0 Å². The summed E-state index contributed by atoms with van der Waals surface area (Å²) in [6, 6.07) is 0. The highest BCUT2D eigenvalue weighted by Crippen LogP contribution is 2.71. The van der Waals surface area contributed by atoms with E-state index in [-0.39, 0.29) is 5.41 Å². The van der Waals surface area contributed by atoms with Gasteiger partial charge in [-0.1, -0.05) is 6.92 Å². The summed E-state index contributed by atoms with van der Waals surface area (Å²) in [6.07, 6.45) is 1.12. The van der Waals surface area contributed by atoms with E-state index in [9.17, 15) is 0 Å². The number of nitrogens with one attached hydrogen (secondary N) is 1. The molecule has 0 aromatic carbocycles. The van der Waals surface area contributed by atoms with Gasteiger partial charge in [-0.25, -0.2) is 0 Å². The summed E-state index contributed by atoms with van der Waals surface area (Å²) in [5.74, 6) is 0.483. The first-order valence-electron chi connectivity index (χ1n) is 3.67. The predicted octanol–water partition coefficient (Wildman–Crippen LogP) is 1.79. The fourth-order valence-corrected chi connectivity index (χ4v) is 2.94. The predicted molar refractivity (Wildman–Crippen MR) is 43.5 cm³/mol. The van der Waals surface area contributed by atoms with Gasteiger partial charge in [-0.15, -0.1) is 23.2 Å². The first-order chi connectivity index (χ1) is 4.59. The molecule has 0 spiro atoms. The van der Waals surface area contributed by atoms with Crippen LogP contribution in [0.2, 0.25) is 0 Å². The molecule has 1 aliphatic heterocycles. The van der Waals surface area contributed by atoms with Gasteiger partial charge in [0.15, 0.2) is 0 Å². The zero-order valence-electron chi connectivity index (χ0n) is 5.95. The van der Waals surface area contributed by atoms with E-state index in [1.807, 2.05) is 0 Å². The molecule has 1 saturated heterocycles. The molecule has 1 N–H and O–H groups in total. The van der Waals surface area contributed by atoms with E-state index in [1.165, 1.54) is 0 Å². The Kier molecular flexibility index (Phi) is 1.31. The smallest absolute Gasteiger partial charge is 0.128 e. The van der Waals surface area contributed by atoms with Gasteiger partial charge in [-0.3, -0.25) is 0 Å². The summed E-state index contributed by atoms with van der Waals surface area (Å²) >= 11 is 12.2. The molecule has 2 unspecified atom stereocenters. The number of alkyl halides is 2. The minimum Gasteiger partial charge on any atom is -0.316 e. The zero-order valence-corrected chi connectivity index (χ0v) is 7.47. The number of piperidine rings is 1. The number of halogens is 2. The topological polar surface area (TPSA) is 12.0 Å². The third-order valence-corrected chi connectivity index (χ3v) is 4.44. The minimum absolute atomic E-state index is 0.210. The second-order valence-corrected chi connectivity index (χ2v) is 4.93. The first-order valence-corrected chi connectivity index (χ1v) is 4.43. The van der Waals surface area contributed by atoms with Gasteiger partial charge < -0.3 is 5.32 Å². The minimum atomic E-state index is -0.434. The molecule has 0 aromatic heterocycles. The lowest BCUT2D eigenvalue weighted by atomic mass is 9.99. The quantitative estimate of drug-likeness (QED) is 0.560. The summed E-state index contributed by atoms with van der Waals surface area (Å²) in [5.41, 5.74) is 0.210. The van der Waals surface area contributed by atoms with Gasteiger partial charge in [0.05, 0.1) is 0 Å². The second-order valence-electron chi connectivity index (χ2n) is 3.55. The zero-order chi connectivity index (χ0) is 7.41. The standard InChI is InChI=1S/C7H11Cl2N/c1-6-2-3-10-4-5(6)7(6,8)9/h5,10H,2-4H2,1H3. The van der Waals surface area contributed by atoms with E-state index in [0.717, 1.165) is 19.5 Å². The molecule has 2 rings (SSSR count). The van der Waals surface area contributed by atoms with Crippen LogP contribution in [0.15, 0.2) is 0 Å². The molecule has 1 saturated carbocycles. The Labute approximate surface area is 71.1 Å². The van der Waals surface area contributed by atoms with E-state index in [0.29, 0.717) is 5.92 Å². The van der Waals surface area contributed by atoms with Gasteiger partial charge in [0, 0.05) is 17.9 Å². The van der Waals surface area contributed by atoms with Crippen LogP contribution < -0.4 is 5.32 Å². The summed E-state index contributed by atoms with van der Waals surface area (Å²) in [6.45, 7) is 4.23. The van der Waals surface area contributed by atoms with Crippen molar-refractivity contribution in [3.8, 4) is 0 Å². The van der Waals surface area contributed by atoms with Gasteiger partial charge >= 0.3 is 0 Å². The summed E-state index contributed by atoms with van der Waals surface area (Å²) < 4.78 is -0.434. The van der Waals surface area contributed by atoms with E-state index in [4.69, 9.17) is 23.2 Å². The van der Waals surface area contributed by atoms with Crippen molar-refractivity contribution >= 4 is 23.2 Å². The molecule has 58 valence electrons. The summed E-state index contributed by atoms with van der Waals surface area (Å²) in [5, 5.41) is 3.29. The molecular weight excluding hydrogens is 169 g/mol. The number of hydrogen-bond donors (Lipinski definition) is 1. The maximum Gasteiger partial charge on any atom is 0.128 e. The van der Waals surface area contributed by atoms with Gasteiger partial charge in [0.2, 0.25) is 0 Å². The van der Waals surface area contributed by atoms with Crippen molar-refractivity contribution in [2.24, 2.45) is 11.3 Å². The Morgan fingerprint density at radius 3 is 2.60 bits per heavy atom. The van der Waals surface area contributed by atoms with Gasteiger partial charge in [-0.2, -0.15) is 0 Å². The van der Waals surface area contributed by atoms with E-state index >= 15 is 0 Å². The van der Waals surface area contributed by atoms with Crippen LogP contribution in [0.5, 0.6) is 0 Å². The lowest BCUT2D eigenvalue weighted by molar-refractivity contribution is 0.381. The maximum atomic E-state index is 6.08. The van der Waals surface area contributed by atoms with Crippen LogP contribution in [0.1, 0.15) is 13.3 Å². The lowest BCUT2D eigenvalue weighted by Crippen LogP contribution is -2.27. The maximum absolute atomic E-state index is 6.08. The van der Waals surface area contributed by atoms with Crippen LogP contribution >= 0.6 is 23.2 Å². The molecular formula is C7H11Cl2N. The van der Waals surface area contributed by atoms with Crippen molar-refractivity contribution in [1.82, 2.24) is 5.32 Å². The molecule has 10 heavy (non-hydrogen) atoms. The molecule has 3 heteroatoms. The fraction of sp³-hybridized carbons (Fsp3) is 1.00. The molecule has 1 aliphatic carbocycles. The number of fused-ring (bicyclic) bond motifs is 1. The highest BCUT2D eigenvalue weighted by atomic mass is 35.5. The van der Waals surface area contributed by atoms with Crippen LogP contribution in [0, 0.1) is 11.3 Å². The van der Waals surface area contributed by atoms with Crippen molar-refractivity contribution in [1.29, 1.82) is 0 Å². The summed E-state index contributed by atoms with van der Waals surface area (Å²) in [7, 11) is 0. The normalized spacial score (nSPS) is 50.1. The molecule has 0 aromatic rings. The monoisotopic (exact) mass is 179 g/mol. The van der Waals surface area contributed by atoms with E-state index in [2.05, 4.69) is 12.2 Å². The molecule has 2 fully saturated rings. The molecule has 0 amide bonds. The van der Waals surface area contributed by atoms with Crippen molar-refractivity contribution < 1.29 is 0 Å². The Bertz CT molecular complexity index is 169. The van der Waals surface area contributed by atoms with Crippen LogP contribution in [-0.2, 0) is 0 Å². The third-order valence-electron chi connectivity index (χ3n) is 3.05. The highest BCUT2D eigenvalue weighted by molar-refractivity contribution is 6.51. The molecule has 1 nitrogen and oxygen atoms in total. The Morgan fingerprint density at radius 1 is 1.50 bits per heavy atom. The van der Waals surface area contributed by atoms with Gasteiger partial charge in [-0.05, 0) is 13.0 Å². The largest absolute Gasteiger partial charge is 0.316 e. The Balaban J connectivity index is 2.20. The van der Waals surface area contributed by atoms with Crippen LogP contribution in [0.4, 0.5) is 0 Å². The molecule has 1 heterocycles. The lowest BCUT2D eigenvalue weighted by Gasteiger charge is -2.16. The van der Waals surface area contributed by atoms with Crippen molar-refractivity contribution in [2.45, 2.75) is 17.7 Å². The fourth-order valence-electron chi connectivity index (χ4n) is 1.96. The second kappa shape index (κ2) is 1.82. The number of rotatable bonds is 0. The molecule has 2 atom stereocenters. The van der Waals surface area contributed by atoms with Gasteiger partial charge in [0.1, 0.15) is 4.33 Å². The van der Waals surface area contributed by atoms with Crippen molar-refractivity contribution in [2.75, 3.05) is 13.1 Å². The average Bonchev–Trinajstić information content (AvgIpc) is 2.30. The molecule has 2 aliphatic rings. The van der Waals surface area contributed by atoms with Crippen molar-refractivity contribution in [3.63, 3.8) is 0 Å². The van der Waals surface area contributed by atoms with Crippen molar-refractivity contribution in [3.05, 3.63) is 0 Å². The highest BCUT2D eigenvalue weighted by Gasteiger charge is 2.72. The number of hydrogen-bond acceptors (Lipinski definition) is 1. The first kappa shape index (κ1) is 7.20. The van der Waals surface area contributed by atoms with Crippen LogP contribution in [0.3, 0.4) is 0 Å². The van der Waals surface area contributed by atoms with Gasteiger partial charge in [0.25, 0.3) is 0 Å². The summed E-state index contributed by atoms with van der Waals surface area (Å²) in [4.78, 5) is 0. The average molecular weight is 180 g/mol. The Hall–Kier alpha value is 0.540. The molecule has 0 radical (unpaired) electrons. The molecule has 0 bridgehead atoms. The van der Waals surface area contributed by atoms with Crippen LogP contribution in [-0.4, -0.2) is 17.4 Å². The van der Waals surface area contributed by atoms with E-state index < -0.39 is 4.33 Å².